The van der Waals surface area contributed by atoms with Crippen molar-refractivity contribution in [2.24, 2.45) is 0 Å². The van der Waals surface area contributed by atoms with Crippen LogP contribution in [0.5, 0.6) is 28.7 Å². The maximum atomic E-state index is 12.3. The van der Waals surface area contributed by atoms with Crippen LogP contribution in [0.3, 0.4) is 0 Å². The fourth-order valence-corrected chi connectivity index (χ4v) is 15.0. The summed E-state index contributed by atoms with van der Waals surface area (Å²) >= 11 is 6.81. The van der Waals surface area contributed by atoms with Gasteiger partial charge in [0.1, 0.15) is 112 Å². The summed E-state index contributed by atoms with van der Waals surface area (Å²) in [5, 5.41) is 4.14. The summed E-state index contributed by atoms with van der Waals surface area (Å²) in [5.74, 6) is 2.98. The molecule has 5 heterocycles. The number of rotatable bonds is 25. The largest absolute Gasteiger partial charge is 0.489 e. The number of methoxy groups -OCH3 is 1. The Morgan fingerprint density at radius 3 is 0.933 bits per heavy atom. The van der Waals surface area contributed by atoms with Gasteiger partial charge >= 0.3 is 28.1 Å². The lowest BCUT2D eigenvalue weighted by Crippen LogP contribution is -2.14. The lowest BCUT2D eigenvalue weighted by Gasteiger charge is -2.13. The molecule has 0 spiro atoms. The predicted molar refractivity (Wildman–Crippen MR) is 490 cm³/mol. The normalized spacial score (nSPS) is 10.9. The molecule has 0 saturated carbocycles. The van der Waals surface area contributed by atoms with E-state index in [9.17, 15) is 47.9 Å². The Morgan fingerprint density at radius 2 is 0.633 bits per heavy atom. The summed E-state index contributed by atoms with van der Waals surface area (Å²) in [6, 6.07) is 42.9. The van der Waals surface area contributed by atoms with Crippen molar-refractivity contribution in [2.45, 2.75) is 156 Å². The van der Waals surface area contributed by atoms with Crippen molar-refractivity contribution < 1.29 is 74.5 Å². The van der Waals surface area contributed by atoms with Crippen LogP contribution in [-0.4, -0.2) is 49.4 Å². The van der Waals surface area contributed by atoms with E-state index >= 15 is 0 Å². The van der Waals surface area contributed by atoms with Gasteiger partial charge in [-0.3, -0.25) is 24.0 Å². The number of aryl methyl sites for hydroxylation is 10. The quantitative estimate of drug-likeness (QED) is 0.0222. The monoisotopic (exact) mass is 1960 g/mol. The minimum Gasteiger partial charge on any atom is -0.489 e. The average molecular weight is 1960 g/mol. The van der Waals surface area contributed by atoms with E-state index in [0.717, 1.165) is 106 Å². The molecule has 24 heteroatoms. The van der Waals surface area contributed by atoms with Crippen LogP contribution in [0.25, 0.3) is 54.8 Å². The average Bonchev–Trinajstić information content (AvgIpc) is 0.797. The van der Waals surface area contributed by atoms with Gasteiger partial charge in [-0.1, -0.05) is 55.1 Å². The molecule has 0 bridgehead atoms. The lowest BCUT2D eigenvalue weighted by molar-refractivity contribution is -0.117. The molecule has 0 radical (unpaired) electrons. The van der Waals surface area contributed by atoms with Gasteiger partial charge in [0, 0.05) is 138 Å². The highest BCUT2D eigenvalue weighted by molar-refractivity contribution is 14.1. The zero-order valence-corrected chi connectivity index (χ0v) is 76.2. The fraction of sp³-hybridized carbons (Fsp3) is 0.271. The van der Waals surface area contributed by atoms with Gasteiger partial charge in [-0.05, 0) is 302 Å². The predicted octanol–water partition coefficient (Wildman–Crippen LogP) is 19.8. The molecular formula is C96H93I3O21. The van der Waals surface area contributed by atoms with Crippen molar-refractivity contribution in [2.75, 3.05) is 20.5 Å². The topological polar surface area (TPSA) is 292 Å². The highest BCUT2D eigenvalue weighted by atomic mass is 127. The molecule has 0 saturated heterocycles. The SMILES string of the molecule is C=CCOc1ccc2c(C)c(CC(C)=O)c(=O)oc2c1C.CC(=O)Cc1c(C)c2ccc(OCc3ccc(I)cc3)c(C)c2oc1=O.CC(=O)Cc1c(C)c2ccc(OCc3cccc(I)c3)c(C)c2oc1=O.CC(=O)Cc1c(C)c2ccc(OCc3ccccc3I)c(C)c2oc1=O.COCOc1ccc2c(C)c(CC(C)=O)c(=O)oc2c1C. The van der Waals surface area contributed by atoms with Crippen molar-refractivity contribution in [3.05, 3.63) is 309 Å². The van der Waals surface area contributed by atoms with Gasteiger partial charge in [-0.2, -0.15) is 0 Å². The van der Waals surface area contributed by atoms with Gasteiger partial charge in [0.25, 0.3) is 0 Å². The first-order chi connectivity index (χ1) is 57.0. The molecule has 120 heavy (non-hydrogen) atoms. The van der Waals surface area contributed by atoms with Crippen molar-refractivity contribution in [1.29, 1.82) is 0 Å². The molecule has 0 amide bonds. The molecule has 0 atom stereocenters. The summed E-state index contributed by atoms with van der Waals surface area (Å²) in [6.07, 6.45) is 2.11. The Balaban J connectivity index is 0.000000171. The number of ketones is 5. The van der Waals surface area contributed by atoms with Crippen molar-refractivity contribution in [1.82, 2.24) is 0 Å². The Bertz CT molecular complexity index is 6440. The highest BCUT2D eigenvalue weighted by Gasteiger charge is 2.23. The third kappa shape index (κ3) is 23.1. The highest BCUT2D eigenvalue weighted by Crippen LogP contribution is 2.36. The van der Waals surface area contributed by atoms with Crippen LogP contribution in [0.4, 0.5) is 0 Å². The Labute approximate surface area is 734 Å². The molecule has 0 fully saturated rings. The standard InChI is InChI=1S/3C21H19IO4.C17H18O4.C16H18O5/c1-12(23)10-18-13(2)17-8-9-19(14(3)20(17)26-21(18)24)25-11-15-4-6-16(22)7-5-15;1-12(23)9-18-13(2)17-7-8-19(14(3)20(17)26-21(18)24)25-11-15-5-4-6-16(22)10-15;1-12(23)10-17-13(2)16-8-9-19(14(3)20(16)26-21(17)24)25-11-15-6-4-5-7-18(15)22;1-5-8-20-15-7-6-13-11(3)14(9-10(2)18)17(19)21-16(13)12(15)4;1-9(17)7-13-10(2)12-5-6-14(20-8-19-4)11(3)15(12)21-16(13)18/h4-9H,10-11H2,1-3H3;4-8,10H,9,11H2,1-3H3;4-9H,10-11H2,1-3H3;5-7H,1,8-9H2,2-4H3;5-6H,7-8H2,1-4H3. The maximum absolute atomic E-state index is 12.3. The molecule has 0 aliphatic heterocycles. The molecule has 0 N–H and O–H groups in total. The van der Waals surface area contributed by atoms with Crippen LogP contribution in [-0.2, 0) is 80.6 Å². The summed E-state index contributed by atoms with van der Waals surface area (Å²) in [7, 11) is 1.54. The third-order valence-corrected chi connectivity index (χ3v) is 22.5. The number of hydrogen-bond acceptors (Lipinski definition) is 21. The molecule has 624 valence electrons. The van der Waals surface area contributed by atoms with Gasteiger partial charge < -0.3 is 50.5 Å². The van der Waals surface area contributed by atoms with E-state index in [1.54, 1.807) is 12.1 Å². The first-order valence-corrected chi connectivity index (χ1v) is 41.5. The summed E-state index contributed by atoms with van der Waals surface area (Å²) in [6.45, 7) is 31.3. The minimum absolute atomic E-state index is 0.0612. The molecule has 13 aromatic rings. The van der Waals surface area contributed by atoms with E-state index in [2.05, 4.69) is 80.4 Å². The number of fused-ring (bicyclic) bond motifs is 5. The zero-order valence-electron chi connectivity index (χ0n) is 69.8. The van der Waals surface area contributed by atoms with Gasteiger partial charge in [-0.15, -0.1) is 0 Å². The molecule has 0 aliphatic rings. The molecule has 0 aliphatic carbocycles. The molecule has 8 aromatic carbocycles. The number of ether oxygens (including phenoxy) is 6. The number of hydrogen-bond donors (Lipinski definition) is 0. The third-order valence-electron chi connectivity index (χ3n) is 20.0. The van der Waals surface area contributed by atoms with Crippen LogP contribution < -0.4 is 51.8 Å². The molecule has 21 nitrogen and oxygen atoms in total. The van der Waals surface area contributed by atoms with Gasteiger partial charge in [0.2, 0.25) is 0 Å². The molecule has 5 aromatic heterocycles. The number of halogens is 3. The van der Waals surface area contributed by atoms with Crippen LogP contribution in [0.15, 0.2) is 192 Å². The fourth-order valence-electron chi connectivity index (χ4n) is 13.5. The van der Waals surface area contributed by atoms with E-state index < -0.39 is 28.1 Å². The van der Waals surface area contributed by atoms with Crippen LogP contribution >= 0.6 is 67.8 Å². The van der Waals surface area contributed by atoms with Crippen molar-refractivity contribution in [3.63, 3.8) is 0 Å². The Kier molecular flexibility index (Phi) is 32.8. The summed E-state index contributed by atoms with van der Waals surface area (Å²) in [5.41, 5.74) is 13.4. The second-order valence-corrected chi connectivity index (χ2v) is 32.7. The van der Waals surface area contributed by atoms with Gasteiger partial charge in [0.15, 0.2) is 6.79 Å². The smallest absolute Gasteiger partial charge is 0.340 e. The molecule has 13 rings (SSSR count). The van der Waals surface area contributed by atoms with Crippen LogP contribution in [0.1, 0.15) is 135 Å². The number of Topliss-reactive ketones (excluding diaryl/α,β-unsaturated/α-hetero) is 5. The van der Waals surface area contributed by atoms with E-state index in [1.165, 1.54) is 45.3 Å². The zero-order chi connectivity index (χ0) is 87.7. The number of carbonyl (C=O) groups excluding carboxylic acids is 5. The Hall–Kier alpha value is -11.0. The number of benzene rings is 8. The van der Waals surface area contributed by atoms with E-state index in [-0.39, 0.29) is 67.8 Å². The summed E-state index contributed by atoms with van der Waals surface area (Å²) in [4.78, 5) is 118. The first-order valence-electron chi connectivity index (χ1n) is 38.2. The molecule has 0 unspecified atom stereocenters. The van der Waals surface area contributed by atoms with E-state index in [4.69, 9.17) is 50.5 Å². The first kappa shape index (κ1) is 92.9. The van der Waals surface area contributed by atoms with E-state index in [1.807, 2.05) is 191 Å². The lowest BCUT2D eigenvalue weighted by atomic mass is 10.0. The van der Waals surface area contributed by atoms with Crippen LogP contribution in [0, 0.1) is 79.9 Å². The van der Waals surface area contributed by atoms with Gasteiger partial charge in [0.05, 0.1) is 0 Å². The Morgan fingerprint density at radius 1 is 0.333 bits per heavy atom. The molecular weight excluding hydrogens is 1870 g/mol. The van der Waals surface area contributed by atoms with Crippen molar-refractivity contribution >= 4 is 152 Å². The van der Waals surface area contributed by atoms with E-state index in [0.29, 0.717) is 111 Å². The van der Waals surface area contributed by atoms with Gasteiger partial charge in [-0.25, -0.2) is 24.0 Å². The second-order valence-electron chi connectivity index (χ2n) is 29.1. The van der Waals surface area contributed by atoms with Crippen molar-refractivity contribution in [3.8, 4) is 28.7 Å². The number of carbonyl (C=O) groups is 5. The second kappa shape index (κ2) is 42.3. The van der Waals surface area contributed by atoms with Crippen LogP contribution in [0.2, 0.25) is 0 Å². The summed E-state index contributed by atoms with van der Waals surface area (Å²) < 4.78 is 64.5. The maximum Gasteiger partial charge on any atom is 0.340 e. The minimum atomic E-state index is -0.470.